The van der Waals surface area contributed by atoms with Crippen molar-refractivity contribution in [3.63, 3.8) is 0 Å². The maximum atomic E-state index is 11.3. The van der Waals surface area contributed by atoms with Crippen LogP contribution in [-0.2, 0) is 17.3 Å². The van der Waals surface area contributed by atoms with Crippen LogP contribution in [0.4, 0.5) is 0 Å². The van der Waals surface area contributed by atoms with E-state index in [4.69, 9.17) is 5.73 Å². The van der Waals surface area contributed by atoms with Gasteiger partial charge in [0.05, 0.1) is 6.54 Å². The molecule has 1 unspecified atom stereocenters. The first-order valence-corrected chi connectivity index (χ1v) is 8.93. The first-order chi connectivity index (χ1) is 9.16. The number of hydrogen-bond donors (Lipinski definition) is 1. The van der Waals surface area contributed by atoms with Crippen LogP contribution in [0, 0.1) is 0 Å². The van der Waals surface area contributed by atoms with Gasteiger partial charge in [-0.05, 0) is 17.7 Å². The van der Waals surface area contributed by atoms with Gasteiger partial charge in [-0.1, -0.05) is 12.1 Å². The standard InChI is InChI=1S/C13H19N3OS2.HI/c1-19(17)12-4-2-11(3-5-12)10-15-13(14)16-6-8-18-9-7-16;/h2-5H,6-10H2,1H3,(H2,14,15);1H. The summed E-state index contributed by atoms with van der Waals surface area (Å²) in [6, 6.07) is 7.68. The Labute approximate surface area is 144 Å². The van der Waals surface area contributed by atoms with Crippen molar-refractivity contribution in [1.82, 2.24) is 4.90 Å². The lowest BCUT2D eigenvalue weighted by molar-refractivity contribution is 0.455. The zero-order valence-corrected chi connectivity index (χ0v) is 15.4. The van der Waals surface area contributed by atoms with Gasteiger partial charge in [-0.25, -0.2) is 4.99 Å². The fourth-order valence-corrected chi connectivity index (χ4v) is 3.27. The molecule has 1 saturated heterocycles. The van der Waals surface area contributed by atoms with Crippen LogP contribution in [0.1, 0.15) is 5.56 Å². The molecule has 1 atom stereocenters. The van der Waals surface area contributed by atoms with Crippen LogP contribution in [0.3, 0.4) is 0 Å². The van der Waals surface area contributed by atoms with Crippen molar-refractivity contribution in [2.24, 2.45) is 10.7 Å². The lowest BCUT2D eigenvalue weighted by atomic mass is 10.2. The maximum absolute atomic E-state index is 11.3. The van der Waals surface area contributed by atoms with Crippen LogP contribution in [0.2, 0.25) is 0 Å². The number of rotatable bonds is 3. The highest BCUT2D eigenvalue weighted by Gasteiger charge is 2.11. The molecule has 0 aromatic heterocycles. The van der Waals surface area contributed by atoms with E-state index in [2.05, 4.69) is 9.89 Å². The molecule has 0 spiro atoms. The molecule has 4 nitrogen and oxygen atoms in total. The molecule has 7 heteroatoms. The number of nitrogens with zero attached hydrogens (tertiary/aromatic N) is 2. The minimum Gasteiger partial charge on any atom is -0.370 e. The van der Waals surface area contributed by atoms with Gasteiger partial charge in [0.1, 0.15) is 0 Å². The Morgan fingerprint density at radius 3 is 2.50 bits per heavy atom. The third kappa shape index (κ3) is 5.25. The summed E-state index contributed by atoms with van der Waals surface area (Å²) < 4.78 is 11.3. The summed E-state index contributed by atoms with van der Waals surface area (Å²) >= 11 is 1.95. The monoisotopic (exact) mass is 425 g/mol. The normalized spacial score (nSPS) is 17.4. The van der Waals surface area contributed by atoms with E-state index in [0.29, 0.717) is 12.5 Å². The van der Waals surface area contributed by atoms with Crippen molar-refractivity contribution >= 4 is 52.5 Å². The predicted octanol–water partition coefficient (Wildman–Crippen LogP) is 1.91. The molecule has 2 rings (SSSR count). The number of hydrogen-bond acceptors (Lipinski definition) is 3. The largest absolute Gasteiger partial charge is 0.370 e. The molecule has 20 heavy (non-hydrogen) atoms. The van der Waals surface area contributed by atoms with Gasteiger partial charge in [-0.15, -0.1) is 24.0 Å². The van der Waals surface area contributed by atoms with Gasteiger partial charge in [-0.2, -0.15) is 11.8 Å². The minimum atomic E-state index is -0.925. The second kappa shape index (κ2) is 8.89. The van der Waals surface area contributed by atoms with E-state index in [0.717, 1.165) is 35.1 Å². The van der Waals surface area contributed by atoms with Crippen molar-refractivity contribution in [3.05, 3.63) is 29.8 Å². The van der Waals surface area contributed by atoms with Gasteiger partial charge in [0, 0.05) is 46.5 Å². The number of aliphatic imine (C=N–C) groups is 1. The van der Waals surface area contributed by atoms with Crippen LogP contribution >= 0.6 is 35.7 Å². The highest BCUT2D eigenvalue weighted by Crippen LogP contribution is 2.10. The SMILES string of the molecule is CS(=O)c1ccc(CN=C(N)N2CCSCC2)cc1.I. The van der Waals surface area contributed by atoms with E-state index < -0.39 is 10.8 Å². The highest BCUT2D eigenvalue weighted by atomic mass is 127. The van der Waals surface area contributed by atoms with Crippen molar-refractivity contribution in [2.45, 2.75) is 11.4 Å². The van der Waals surface area contributed by atoms with E-state index in [1.165, 1.54) is 0 Å². The Morgan fingerprint density at radius 1 is 1.35 bits per heavy atom. The number of thioether (sulfide) groups is 1. The Kier molecular flexibility index (Phi) is 7.90. The van der Waals surface area contributed by atoms with Crippen LogP contribution in [0.15, 0.2) is 34.2 Å². The van der Waals surface area contributed by atoms with Gasteiger partial charge in [0.2, 0.25) is 0 Å². The lowest BCUT2D eigenvalue weighted by Gasteiger charge is -2.27. The third-order valence-electron chi connectivity index (χ3n) is 3.01. The quantitative estimate of drug-likeness (QED) is 0.457. The highest BCUT2D eigenvalue weighted by molar-refractivity contribution is 14.0. The molecule has 1 fully saturated rings. The van der Waals surface area contributed by atoms with Crippen molar-refractivity contribution in [1.29, 1.82) is 0 Å². The van der Waals surface area contributed by atoms with Crippen LogP contribution in [-0.4, -0.2) is 45.9 Å². The lowest BCUT2D eigenvalue weighted by Crippen LogP contribution is -2.42. The number of guanidine groups is 1. The Bertz CT molecular complexity index is 473. The fourth-order valence-electron chi connectivity index (χ4n) is 1.85. The van der Waals surface area contributed by atoms with Crippen LogP contribution < -0.4 is 5.73 Å². The second-order valence-corrected chi connectivity index (χ2v) is 6.98. The zero-order chi connectivity index (χ0) is 13.7. The van der Waals surface area contributed by atoms with Crippen LogP contribution in [0.5, 0.6) is 0 Å². The van der Waals surface area contributed by atoms with E-state index in [-0.39, 0.29) is 24.0 Å². The molecule has 0 saturated carbocycles. The molecule has 0 aliphatic carbocycles. The van der Waals surface area contributed by atoms with E-state index >= 15 is 0 Å². The van der Waals surface area contributed by atoms with Gasteiger partial charge < -0.3 is 10.6 Å². The van der Waals surface area contributed by atoms with Gasteiger partial charge >= 0.3 is 0 Å². The first-order valence-electron chi connectivity index (χ1n) is 6.22. The van der Waals surface area contributed by atoms with Crippen LogP contribution in [0.25, 0.3) is 0 Å². The van der Waals surface area contributed by atoms with E-state index in [1.807, 2.05) is 36.0 Å². The van der Waals surface area contributed by atoms with Gasteiger partial charge in [0.25, 0.3) is 0 Å². The minimum absolute atomic E-state index is 0. The van der Waals surface area contributed by atoms with Gasteiger partial charge in [-0.3, -0.25) is 4.21 Å². The average molecular weight is 425 g/mol. The topological polar surface area (TPSA) is 58.7 Å². The summed E-state index contributed by atoms with van der Waals surface area (Å²) in [6.45, 7) is 2.54. The summed E-state index contributed by atoms with van der Waals surface area (Å²) in [4.78, 5) is 7.40. The molecule has 0 bridgehead atoms. The third-order valence-corrected chi connectivity index (χ3v) is 4.89. The van der Waals surface area contributed by atoms with Crippen molar-refractivity contribution in [2.75, 3.05) is 30.9 Å². The van der Waals surface area contributed by atoms with Crippen molar-refractivity contribution in [3.8, 4) is 0 Å². The summed E-state index contributed by atoms with van der Waals surface area (Å²) in [5, 5.41) is 0. The summed E-state index contributed by atoms with van der Waals surface area (Å²) in [7, 11) is -0.925. The maximum Gasteiger partial charge on any atom is 0.191 e. The number of nitrogens with two attached hydrogens (primary N) is 1. The predicted molar refractivity (Wildman–Crippen MR) is 98.4 cm³/mol. The molecule has 0 amide bonds. The summed E-state index contributed by atoms with van der Waals surface area (Å²) in [6.07, 6.45) is 1.68. The average Bonchev–Trinajstić information content (AvgIpc) is 2.46. The molecule has 112 valence electrons. The second-order valence-electron chi connectivity index (χ2n) is 4.37. The smallest absolute Gasteiger partial charge is 0.191 e. The summed E-state index contributed by atoms with van der Waals surface area (Å²) in [5.74, 6) is 2.86. The zero-order valence-electron chi connectivity index (χ0n) is 11.4. The molecular weight excluding hydrogens is 405 g/mol. The fraction of sp³-hybridized carbons (Fsp3) is 0.462. The molecular formula is C13H20IN3OS2. The Balaban J connectivity index is 0.00000200. The number of benzene rings is 1. The van der Waals surface area contributed by atoms with E-state index in [1.54, 1.807) is 6.26 Å². The molecule has 1 aliphatic rings. The molecule has 0 radical (unpaired) electrons. The molecule has 1 aromatic rings. The molecule has 2 N–H and O–H groups in total. The molecule has 1 aromatic carbocycles. The Morgan fingerprint density at radius 2 is 1.95 bits per heavy atom. The first kappa shape index (κ1) is 17.8. The molecule has 1 aliphatic heterocycles. The Hall–Kier alpha value is -0.280. The molecule has 1 heterocycles. The number of halogens is 1. The summed E-state index contributed by atoms with van der Waals surface area (Å²) in [5.41, 5.74) is 7.08. The van der Waals surface area contributed by atoms with E-state index in [9.17, 15) is 4.21 Å². The van der Waals surface area contributed by atoms with Crippen molar-refractivity contribution < 1.29 is 4.21 Å². The van der Waals surface area contributed by atoms with Gasteiger partial charge in [0.15, 0.2) is 5.96 Å².